The van der Waals surface area contributed by atoms with Crippen LogP contribution in [0.4, 0.5) is 0 Å². The van der Waals surface area contributed by atoms with E-state index in [1.807, 2.05) is 6.92 Å². The molecule has 0 aliphatic carbocycles. The lowest BCUT2D eigenvalue weighted by Crippen LogP contribution is -2.09. The van der Waals surface area contributed by atoms with E-state index >= 15 is 0 Å². The maximum Gasteiger partial charge on any atom is 0.333 e. The molecule has 0 radical (unpaired) electrons. The summed E-state index contributed by atoms with van der Waals surface area (Å²) in [6.07, 6.45) is 2.42. The lowest BCUT2D eigenvalue weighted by molar-refractivity contribution is -0.138. The quantitative estimate of drug-likeness (QED) is 0.215. The van der Waals surface area contributed by atoms with E-state index in [-0.39, 0.29) is 6.54 Å². The molecule has 0 heterocycles. The topological polar surface area (TPSA) is 75.1 Å². The highest BCUT2D eigenvalue weighted by Crippen LogP contribution is 2.01. The number of rotatable bonds is 5. The Balaban J connectivity index is 4.32. The smallest absolute Gasteiger partial charge is 0.333 e. The molecule has 0 aromatic heterocycles. The first-order chi connectivity index (χ1) is 6.26. The van der Waals surface area contributed by atoms with Crippen molar-refractivity contribution in [2.75, 3.05) is 13.2 Å². The van der Waals surface area contributed by atoms with Crippen molar-refractivity contribution in [2.45, 2.75) is 20.3 Å². The number of esters is 1. The van der Waals surface area contributed by atoms with Crippen molar-refractivity contribution in [2.24, 2.45) is 5.11 Å². The molecule has 0 aromatic carbocycles. The Labute approximate surface area is 77.0 Å². The Kier molecular flexibility index (Phi) is 6.37. The molecule has 72 valence electrons. The van der Waals surface area contributed by atoms with E-state index in [1.54, 1.807) is 13.0 Å². The molecule has 0 N–H and O–H groups in total. The molecule has 5 heteroatoms. The van der Waals surface area contributed by atoms with Crippen LogP contribution < -0.4 is 0 Å². The van der Waals surface area contributed by atoms with Gasteiger partial charge in [-0.1, -0.05) is 18.1 Å². The highest BCUT2D eigenvalue weighted by Gasteiger charge is 2.07. The highest BCUT2D eigenvalue weighted by atomic mass is 16.5. The van der Waals surface area contributed by atoms with Crippen molar-refractivity contribution < 1.29 is 9.53 Å². The minimum atomic E-state index is -0.406. The molecule has 0 rings (SSSR count). The molecule has 0 bridgehead atoms. The van der Waals surface area contributed by atoms with Crippen LogP contribution in [0.1, 0.15) is 20.3 Å². The van der Waals surface area contributed by atoms with Gasteiger partial charge in [0.2, 0.25) is 0 Å². The molecule has 5 nitrogen and oxygen atoms in total. The fraction of sp³-hybridized carbons (Fsp3) is 0.625. The van der Waals surface area contributed by atoms with Crippen LogP contribution in [0, 0.1) is 0 Å². The van der Waals surface area contributed by atoms with Gasteiger partial charge in [-0.25, -0.2) is 4.79 Å². The number of carbonyl (C=O) groups is 1. The molecule has 0 unspecified atom stereocenters. The van der Waals surface area contributed by atoms with Gasteiger partial charge in [-0.05, 0) is 18.9 Å². The summed E-state index contributed by atoms with van der Waals surface area (Å²) in [5, 5.41) is 3.31. The normalized spacial score (nSPS) is 10.5. The van der Waals surface area contributed by atoms with Crippen LogP contribution >= 0.6 is 0 Å². The number of ether oxygens (including phenoxy) is 1. The molecular formula is C8H13N3O2. The van der Waals surface area contributed by atoms with Gasteiger partial charge < -0.3 is 4.74 Å². The molecule has 13 heavy (non-hydrogen) atoms. The molecule has 0 aliphatic rings. The summed E-state index contributed by atoms with van der Waals surface area (Å²) in [4.78, 5) is 13.7. The zero-order valence-corrected chi connectivity index (χ0v) is 7.86. The molecule has 0 amide bonds. The van der Waals surface area contributed by atoms with Gasteiger partial charge in [-0.3, -0.25) is 0 Å². The number of carbonyl (C=O) groups excluding carboxylic acids is 1. The number of allylic oxidation sites excluding steroid dienone is 1. The van der Waals surface area contributed by atoms with E-state index in [4.69, 9.17) is 10.3 Å². The molecule has 0 fully saturated rings. The van der Waals surface area contributed by atoms with E-state index < -0.39 is 5.97 Å². The predicted octanol–water partition coefficient (Wildman–Crippen LogP) is 2.20. The lowest BCUT2D eigenvalue weighted by Gasteiger charge is -2.02. The Morgan fingerprint density at radius 2 is 2.31 bits per heavy atom. The van der Waals surface area contributed by atoms with Crippen molar-refractivity contribution in [3.05, 3.63) is 22.1 Å². The maximum atomic E-state index is 11.2. The first-order valence-corrected chi connectivity index (χ1v) is 4.13. The van der Waals surface area contributed by atoms with Gasteiger partial charge in [0.05, 0.1) is 13.2 Å². The molecule has 0 saturated carbocycles. The van der Waals surface area contributed by atoms with E-state index in [2.05, 4.69) is 10.0 Å². The number of azide groups is 1. The summed E-state index contributed by atoms with van der Waals surface area (Å²) < 4.78 is 4.76. The predicted molar refractivity (Wildman–Crippen MR) is 49.0 cm³/mol. The average Bonchev–Trinajstić information content (AvgIpc) is 2.12. The van der Waals surface area contributed by atoms with Gasteiger partial charge in [0, 0.05) is 10.5 Å². The number of hydrogen-bond acceptors (Lipinski definition) is 3. The van der Waals surface area contributed by atoms with E-state index in [1.165, 1.54) is 0 Å². The molecular weight excluding hydrogens is 170 g/mol. The monoisotopic (exact) mass is 183 g/mol. The van der Waals surface area contributed by atoms with Gasteiger partial charge in [-0.2, -0.15) is 0 Å². The van der Waals surface area contributed by atoms with Crippen molar-refractivity contribution in [1.82, 2.24) is 0 Å². The molecule has 0 spiro atoms. The van der Waals surface area contributed by atoms with Gasteiger partial charge in [0.1, 0.15) is 0 Å². The fourth-order valence-corrected chi connectivity index (χ4v) is 0.790. The summed E-state index contributed by atoms with van der Waals surface area (Å²) in [5.41, 5.74) is 8.49. The Bertz CT molecular complexity index is 242. The summed E-state index contributed by atoms with van der Waals surface area (Å²) in [6, 6.07) is 0. The van der Waals surface area contributed by atoms with Gasteiger partial charge in [0.15, 0.2) is 0 Å². The van der Waals surface area contributed by atoms with Gasteiger partial charge in [-0.15, -0.1) is 0 Å². The largest absolute Gasteiger partial charge is 0.463 e. The van der Waals surface area contributed by atoms with Crippen LogP contribution in [0.5, 0.6) is 0 Å². The van der Waals surface area contributed by atoms with Crippen molar-refractivity contribution in [1.29, 1.82) is 0 Å². The first kappa shape index (κ1) is 11.5. The van der Waals surface area contributed by atoms with Crippen LogP contribution in [-0.2, 0) is 9.53 Å². The third-order valence-corrected chi connectivity index (χ3v) is 1.29. The number of hydrogen-bond donors (Lipinski definition) is 0. The van der Waals surface area contributed by atoms with Gasteiger partial charge in [0.25, 0.3) is 0 Å². The third kappa shape index (κ3) is 4.87. The van der Waals surface area contributed by atoms with Crippen LogP contribution in [0.15, 0.2) is 16.8 Å². The maximum absolute atomic E-state index is 11.2. The van der Waals surface area contributed by atoms with Crippen LogP contribution in [0.3, 0.4) is 0 Å². The highest BCUT2D eigenvalue weighted by molar-refractivity contribution is 5.88. The summed E-state index contributed by atoms with van der Waals surface area (Å²) in [7, 11) is 0. The molecule has 0 saturated heterocycles. The summed E-state index contributed by atoms with van der Waals surface area (Å²) in [5.74, 6) is -0.406. The molecule has 0 aliphatic heterocycles. The van der Waals surface area contributed by atoms with Crippen LogP contribution in [0.2, 0.25) is 0 Å². The molecule has 0 aromatic rings. The third-order valence-electron chi connectivity index (χ3n) is 1.29. The fourth-order valence-electron chi connectivity index (χ4n) is 0.790. The first-order valence-electron chi connectivity index (χ1n) is 4.13. The standard InChI is InChI=1S/C8H13N3O2/c1-3-5-7(6-10-11-9)8(12)13-4-2/h5H,3-4,6H2,1-2H3/b7-5+. The second kappa shape index (κ2) is 7.18. The lowest BCUT2D eigenvalue weighted by atomic mass is 10.2. The summed E-state index contributed by atoms with van der Waals surface area (Å²) >= 11 is 0. The molecule has 0 atom stereocenters. The summed E-state index contributed by atoms with van der Waals surface area (Å²) in [6.45, 7) is 4.02. The zero-order valence-electron chi connectivity index (χ0n) is 7.86. The van der Waals surface area contributed by atoms with Crippen molar-refractivity contribution in [3.8, 4) is 0 Å². The van der Waals surface area contributed by atoms with Gasteiger partial charge >= 0.3 is 5.97 Å². The number of nitrogens with zero attached hydrogens (tertiary/aromatic N) is 3. The minimum Gasteiger partial charge on any atom is -0.463 e. The van der Waals surface area contributed by atoms with E-state index in [0.29, 0.717) is 12.2 Å². The van der Waals surface area contributed by atoms with Crippen LogP contribution in [0.25, 0.3) is 10.4 Å². The Morgan fingerprint density at radius 1 is 1.62 bits per heavy atom. The Hall–Kier alpha value is -1.48. The minimum absolute atomic E-state index is 0.0587. The van der Waals surface area contributed by atoms with Crippen molar-refractivity contribution >= 4 is 5.97 Å². The second-order valence-corrected chi connectivity index (χ2v) is 2.25. The second-order valence-electron chi connectivity index (χ2n) is 2.25. The average molecular weight is 183 g/mol. The van der Waals surface area contributed by atoms with E-state index in [9.17, 15) is 4.79 Å². The Morgan fingerprint density at radius 3 is 2.77 bits per heavy atom. The van der Waals surface area contributed by atoms with E-state index in [0.717, 1.165) is 6.42 Å². The van der Waals surface area contributed by atoms with Crippen LogP contribution in [-0.4, -0.2) is 19.1 Å². The SMILES string of the molecule is CC/C=C(\CN=[N+]=[N-])C(=O)OCC. The van der Waals surface area contributed by atoms with Crippen molar-refractivity contribution in [3.63, 3.8) is 0 Å². The zero-order chi connectivity index (χ0) is 10.1.